The van der Waals surface area contributed by atoms with Crippen molar-refractivity contribution in [3.8, 4) is 0 Å². The average molecular weight is 278 g/mol. The van der Waals surface area contributed by atoms with E-state index in [1.807, 2.05) is 13.8 Å². The lowest BCUT2D eigenvalue weighted by molar-refractivity contribution is -0.129. The van der Waals surface area contributed by atoms with Gasteiger partial charge >= 0.3 is 0 Å². The molecule has 0 unspecified atom stereocenters. The van der Waals surface area contributed by atoms with Crippen LogP contribution in [0.5, 0.6) is 0 Å². The third-order valence-corrected chi connectivity index (χ3v) is 3.21. The van der Waals surface area contributed by atoms with Crippen molar-refractivity contribution < 1.29 is 9.59 Å². The monoisotopic (exact) mass is 278 g/mol. The molecule has 0 saturated carbocycles. The van der Waals surface area contributed by atoms with Crippen LogP contribution in [0.1, 0.15) is 24.2 Å². The Morgan fingerprint density at radius 2 is 1.80 bits per heavy atom. The maximum atomic E-state index is 12.0. The molecule has 2 amide bonds. The van der Waals surface area contributed by atoms with E-state index in [9.17, 15) is 9.59 Å². The fraction of sp³-hybridized carbons (Fsp3) is 0.429. The smallest absolute Gasteiger partial charge is 0.248 e. The third-order valence-electron chi connectivity index (χ3n) is 3.21. The summed E-state index contributed by atoms with van der Waals surface area (Å²) in [5, 5.41) is 0. The van der Waals surface area contributed by atoms with Crippen LogP contribution >= 0.6 is 0 Å². The van der Waals surface area contributed by atoms with Gasteiger partial charge < -0.3 is 21.3 Å². The first kappa shape index (κ1) is 15.8. The van der Waals surface area contributed by atoms with E-state index in [1.54, 1.807) is 29.0 Å². The number of amides is 2. The van der Waals surface area contributed by atoms with Crippen molar-refractivity contribution in [2.45, 2.75) is 13.8 Å². The average Bonchev–Trinajstić information content (AvgIpc) is 2.39. The molecule has 0 spiro atoms. The Morgan fingerprint density at radius 1 is 1.20 bits per heavy atom. The Kier molecular flexibility index (Phi) is 5.37. The van der Waals surface area contributed by atoms with Crippen molar-refractivity contribution in [2.24, 2.45) is 5.73 Å². The maximum Gasteiger partial charge on any atom is 0.248 e. The minimum atomic E-state index is -0.523. The second-order valence-electron chi connectivity index (χ2n) is 4.56. The van der Waals surface area contributed by atoms with Crippen molar-refractivity contribution in [3.05, 3.63) is 23.8 Å². The highest BCUT2D eigenvalue weighted by atomic mass is 16.2. The second kappa shape index (κ2) is 6.79. The van der Waals surface area contributed by atoms with Crippen molar-refractivity contribution in [3.63, 3.8) is 0 Å². The van der Waals surface area contributed by atoms with E-state index >= 15 is 0 Å². The van der Waals surface area contributed by atoms with Gasteiger partial charge in [0, 0.05) is 25.7 Å². The normalized spacial score (nSPS) is 10.2. The number of anilines is 2. The fourth-order valence-corrected chi connectivity index (χ4v) is 2.02. The predicted octanol–water partition coefficient (Wildman–Crippen LogP) is 0.672. The van der Waals surface area contributed by atoms with Crippen LogP contribution in [0.15, 0.2) is 18.2 Å². The van der Waals surface area contributed by atoms with Gasteiger partial charge in [-0.05, 0) is 32.0 Å². The van der Waals surface area contributed by atoms with Crippen LogP contribution < -0.4 is 16.4 Å². The molecular formula is C14H22N4O2. The molecule has 1 rings (SSSR count). The Balaban J connectivity index is 2.85. The SMILES string of the molecule is CCN(CC)C(=O)CN(C)c1ccc(C(N)=O)cc1N. The molecule has 0 aliphatic heterocycles. The molecule has 0 fully saturated rings. The highest BCUT2D eigenvalue weighted by molar-refractivity contribution is 5.95. The van der Waals surface area contributed by atoms with Crippen LogP contribution in [0.25, 0.3) is 0 Å². The van der Waals surface area contributed by atoms with Gasteiger partial charge in [0.1, 0.15) is 0 Å². The third kappa shape index (κ3) is 3.63. The summed E-state index contributed by atoms with van der Waals surface area (Å²) in [6, 6.07) is 4.83. The van der Waals surface area contributed by atoms with Crippen LogP contribution in [0.4, 0.5) is 11.4 Å². The summed E-state index contributed by atoms with van der Waals surface area (Å²) in [5.41, 5.74) is 12.6. The zero-order valence-electron chi connectivity index (χ0n) is 12.2. The predicted molar refractivity (Wildman–Crippen MR) is 80.6 cm³/mol. The Labute approximate surface area is 119 Å². The Hall–Kier alpha value is -2.24. The van der Waals surface area contributed by atoms with Gasteiger partial charge in [0.15, 0.2) is 0 Å². The molecule has 0 aromatic heterocycles. The van der Waals surface area contributed by atoms with Crippen LogP contribution in [-0.2, 0) is 4.79 Å². The number of carbonyl (C=O) groups is 2. The zero-order chi connectivity index (χ0) is 15.3. The topological polar surface area (TPSA) is 92.7 Å². The van der Waals surface area contributed by atoms with E-state index in [-0.39, 0.29) is 12.5 Å². The van der Waals surface area contributed by atoms with Crippen LogP contribution in [0.2, 0.25) is 0 Å². The quantitative estimate of drug-likeness (QED) is 0.748. The van der Waals surface area contributed by atoms with Gasteiger partial charge in [0.05, 0.1) is 17.9 Å². The standard InChI is InChI=1S/C14H22N4O2/c1-4-18(5-2)13(19)9-17(3)12-7-6-10(14(16)20)8-11(12)15/h6-8H,4-5,9,15H2,1-3H3,(H2,16,20). The van der Waals surface area contributed by atoms with Crippen LogP contribution in [0, 0.1) is 0 Å². The summed E-state index contributed by atoms with van der Waals surface area (Å²) < 4.78 is 0. The number of rotatable bonds is 6. The molecular weight excluding hydrogens is 256 g/mol. The zero-order valence-corrected chi connectivity index (χ0v) is 12.2. The van der Waals surface area contributed by atoms with Crippen molar-refractivity contribution >= 4 is 23.2 Å². The fourth-order valence-electron chi connectivity index (χ4n) is 2.02. The molecule has 6 nitrogen and oxygen atoms in total. The number of nitrogen functional groups attached to an aromatic ring is 1. The van der Waals surface area contributed by atoms with Gasteiger partial charge in [0.25, 0.3) is 0 Å². The number of nitrogens with two attached hydrogens (primary N) is 2. The molecule has 0 atom stereocenters. The Bertz CT molecular complexity index is 498. The summed E-state index contributed by atoms with van der Waals surface area (Å²) in [6.07, 6.45) is 0. The van der Waals surface area contributed by atoms with E-state index in [2.05, 4.69) is 0 Å². The molecule has 20 heavy (non-hydrogen) atoms. The van der Waals surface area contributed by atoms with E-state index in [4.69, 9.17) is 11.5 Å². The number of benzene rings is 1. The number of primary amides is 1. The highest BCUT2D eigenvalue weighted by Gasteiger charge is 2.15. The molecule has 0 heterocycles. The van der Waals surface area contributed by atoms with Gasteiger partial charge in [-0.2, -0.15) is 0 Å². The minimum Gasteiger partial charge on any atom is -0.397 e. The molecule has 4 N–H and O–H groups in total. The summed E-state index contributed by atoms with van der Waals surface area (Å²) in [6.45, 7) is 5.48. The Morgan fingerprint density at radius 3 is 2.25 bits per heavy atom. The first-order chi connectivity index (χ1) is 9.40. The summed E-state index contributed by atoms with van der Waals surface area (Å²) in [4.78, 5) is 26.6. The molecule has 0 aliphatic rings. The van der Waals surface area contributed by atoms with Gasteiger partial charge in [-0.1, -0.05) is 0 Å². The summed E-state index contributed by atoms with van der Waals surface area (Å²) >= 11 is 0. The highest BCUT2D eigenvalue weighted by Crippen LogP contribution is 2.23. The molecule has 0 radical (unpaired) electrons. The minimum absolute atomic E-state index is 0.0378. The van der Waals surface area contributed by atoms with Gasteiger partial charge in [-0.3, -0.25) is 9.59 Å². The van der Waals surface area contributed by atoms with Crippen molar-refractivity contribution in [1.29, 1.82) is 0 Å². The summed E-state index contributed by atoms with van der Waals surface area (Å²) in [7, 11) is 1.79. The van der Waals surface area contributed by atoms with Gasteiger partial charge in [-0.25, -0.2) is 0 Å². The van der Waals surface area contributed by atoms with E-state index in [1.165, 1.54) is 6.07 Å². The van der Waals surface area contributed by atoms with Gasteiger partial charge in [0.2, 0.25) is 11.8 Å². The summed E-state index contributed by atoms with van der Waals surface area (Å²) in [5.74, 6) is -0.485. The first-order valence-corrected chi connectivity index (χ1v) is 6.58. The largest absolute Gasteiger partial charge is 0.397 e. The molecule has 110 valence electrons. The van der Waals surface area contributed by atoms with Crippen LogP contribution in [-0.4, -0.2) is 43.4 Å². The molecule has 0 aliphatic carbocycles. The van der Waals surface area contributed by atoms with Crippen molar-refractivity contribution in [1.82, 2.24) is 4.90 Å². The molecule has 0 saturated heterocycles. The van der Waals surface area contributed by atoms with Crippen molar-refractivity contribution in [2.75, 3.05) is 37.3 Å². The van der Waals surface area contributed by atoms with E-state index < -0.39 is 5.91 Å². The lowest BCUT2D eigenvalue weighted by atomic mass is 10.1. The molecule has 1 aromatic rings. The maximum absolute atomic E-state index is 12.0. The lowest BCUT2D eigenvalue weighted by Crippen LogP contribution is -2.39. The number of hydrogen-bond donors (Lipinski definition) is 2. The second-order valence-corrected chi connectivity index (χ2v) is 4.56. The molecule has 6 heteroatoms. The molecule has 0 bridgehead atoms. The number of nitrogens with zero attached hydrogens (tertiary/aromatic N) is 2. The van der Waals surface area contributed by atoms with E-state index in [0.29, 0.717) is 30.0 Å². The first-order valence-electron chi connectivity index (χ1n) is 6.58. The lowest BCUT2D eigenvalue weighted by Gasteiger charge is -2.25. The number of carbonyl (C=O) groups excluding carboxylic acids is 2. The molecule has 1 aromatic carbocycles. The number of hydrogen-bond acceptors (Lipinski definition) is 4. The van der Waals surface area contributed by atoms with Crippen LogP contribution in [0.3, 0.4) is 0 Å². The van der Waals surface area contributed by atoms with E-state index in [0.717, 1.165) is 0 Å². The van der Waals surface area contributed by atoms with Gasteiger partial charge in [-0.15, -0.1) is 0 Å². The number of likely N-dealkylation sites (N-methyl/N-ethyl adjacent to an activating group) is 2.